The fourth-order valence-corrected chi connectivity index (χ4v) is 2.71. The predicted molar refractivity (Wildman–Crippen MR) is 67.7 cm³/mol. The highest BCUT2D eigenvalue weighted by molar-refractivity contribution is 7.89. The minimum Gasteiger partial charge on any atom is -0.507 e. The second-order valence-electron chi connectivity index (χ2n) is 3.79. The Morgan fingerprint density at radius 3 is 2.44 bits per heavy atom. The first-order valence-corrected chi connectivity index (χ1v) is 6.96. The third-order valence-corrected chi connectivity index (χ3v) is 3.99. The van der Waals surface area contributed by atoms with Crippen LogP contribution in [0.5, 0.6) is 5.75 Å². The number of nitrogens with one attached hydrogen (secondary N) is 1. The smallest absolute Gasteiger partial charge is 0.244 e. The first-order valence-electron chi connectivity index (χ1n) is 5.48. The number of hydrogen-bond acceptors (Lipinski definition) is 3. The lowest BCUT2D eigenvalue weighted by Crippen LogP contribution is -2.27. The average molecular weight is 266 g/mol. The van der Waals surface area contributed by atoms with Crippen LogP contribution in [0.4, 0.5) is 0 Å². The van der Waals surface area contributed by atoms with Crippen molar-refractivity contribution in [3.8, 4) is 5.75 Å². The maximum absolute atomic E-state index is 11.9. The van der Waals surface area contributed by atoms with Crippen LogP contribution in [0.3, 0.4) is 0 Å². The summed E-state index contributed by atoms with van der Waals surface area (Å²) in [6, 6.07) is 9.61. The molecule has 0 aliphatic carbocycles. The molecule has 0 saturated heterocycles. The van der Waals surface area contributed by atoms with Crippen molar-refractivity contribution in [2.75, 3.05) is 6.54 Å². The van der Waals surface area contributed by atoms with Crippen LogP contribution in [-0.2, 0) is 16.6 Å². The molecule has 0 spiro atoms. The number of phenolic OH excluding ortho intramolecular Hbond substituents is 1. The van der Waals surface area contributed by atoms with Gasteiger partial charge in [-0.2, -0.15) is 0 Å². The molecule has 96 valence electrons. The van der Waals surface area contributed by atoms with Crippen LogP contribution in [0.2, 0.25) is 0 Å². The molecule has 18 heavy (non-hydrogen) atoms. The van der Waals surface area contributed by atoms with Gasteiger partial charge in [0.15, 0.2) is 0 Å². The topological polar surface area (TPSA) is 71.3 Å². The van der Waals surface area contributed by atoms with Crippen LogP contribution >= 0.6 is 0 Å². The Labute approximate surface area is 106 Å². The third kappa shape index (κ3) is 2.91. The molecule has 1 heterocycles. The minimum absolute atomic E-state index is 0.0995. The Morgan fingerprint density at radius 1 is 1.11 bits per heavy atom. The van der Waals surface area contributed by atoms with E-state index >= 15 is 0 Å². The fourth-order valence-electron chi connectivity index (χ4n) is 1.59. The molecule has 2 N–H and O–H groups in total. The van der Waals surface area contributed by atoms with E-state index in [1.165, 1.54) is 12.1 Å². The zero-order valence-corrected chi connectivity index (χ0v) is 10.5. The summed E-state index contributed by atoms with van der Waals surface area (Å²) < 4.78 is 28.1. The van der Waals surface area contributed by atoms with Crippen LogP contribution in [0.1, 0.15) is 0 Å². The Kier molecular flexibility index (Phi) is 3.69. The van der Waals surface area contributed by atoms with E-state index in [9.17, 15) is 13.5 Å². The van der Waals surface area contributed by atoms with Crippen LogP contribution < -0.4 is 4.72 Å². The molecule has 1 aromatic heterocycles. The van der Waals surface area contributed by atoms with Gasteiger partial charge in [0.05, 0.1) is 0 Å². The molecule has 0 aliphatic heterocycles. The Bertz CT molecular complexity index is 606. The van der Waals surface area contributed by atoms with Crippen molar-refractivity contribution in [2.24, 2.45) is 0 Å². The third-order valence-electron chi connectivity index (χ3n) is 2.48. The number of rotatable bonds is 5. The summed E-state index contributed by atoms with van der Waals surface area (Å²) in [6.07, 6.45) is 3.71. The number of hydrogen-bond donors (Lipinski definition) is 2. The monoisotopic (exact) mass is 266 g/mol. The van der Waals surface area contributed by atoms with Crippen LogP contribution in [-0.4, -0.2) is 24.6 Å². The molecule has 6 heteroatoms. The normalized spacial score (nSPS) is 11.6. The van der Waals surface area contributed by atoms with Crippen LogP contribution in [0.25, 0.3) is 0 Å². The van der Waals surface area contributed by atoms with E-state index < -0.39 is 10.0 Å². The molecule has 0 fully saturated rings. The molecule has 2 aromatic rings. The van der Waals surface area contributed by atoms with Crippen LogP contribution in [0, 0.1) is 0 Å². The summed E-state index contributed by atoms with van der Waals surface area (Å²) >= 11 is 0. The van der Waals surface area contributed by atoms with Crippen molar-refractivity contribution < 1.29 is 13.5 Å². The van der Waals surface area contributed by atoms with Gasteiger partial charge in [-0.25, -0.2) is 13.1 Å². The van der Waals surface area contributed by atoms with Crippen molar-refractivity contribution in [3.05, 3.63) is 48.8 Å². The molecule has 0 saturated carbocycles. The van der Waals surface area contributed by atoms with Crippen molar-refractivity contribution in [3.63, 3.8) is 0 Å². The van der Waals surface area contributed by atoms with Gasteiger partial charge in [-0.3, -0.25) is 0 Å². The zero-order valence-electron chi connectivity index (χ0n) is 9.65. The lowest BCUT2D eigenvalue weighted by molar-refractivity contribution is 0.457. The molecule has 5 nitrogen and oxygen atoms in total. The quantitative estimate of drug-likeness (QED) is 0.853. The molecule has 0 atom stereocenters. The molecule has 2 rings (SSSR count). The second-order valence-corrected chi connectivity index (χ2v) is 5.52. The number of benzene rings is 1. The second kappa shape index (κ2) is 5.24. The summed E-state index contributed by atoms with van der Waals surface area (Å²) in [4.78, 5) is -0.0995. The highest BCUT2D eigenvalue weighted by Gasteiger charge is 2.16. The molecule has 0 aliphatic rings. The van der Waals surface area contributed by atoms with Crippen molar-refractivity contribution in [2.45, 2.75) is 11.4 Å². The van der Waals surface area contributed by atoms with Gasteiger partial charge in [0.25, 0.3) is 0 Å². The minimum atomic E-state index is -3.66. The molecular formula is C12H14N2O3S. The van der Waals surface area contributed by atoms with E-state index in [0.29, 0.717) is 6.54 Å². The number of aromatic hydroxyl groups is 1. The maximum atomic E-state index is 11.9. The van der Waals surface area contributed by atoms with E-state index in [1.807, 2.05) is 29.1 Å². The first-order chi connectivity index (χ1) is 8.59. The lowest BCUT2D eigenvalue weighted by Gasteiger charge is -2.08. The number of sulfonamides is 1. The first kappa shape index (κ1) is 12.7. The average Bonchev–Trinajstić information content (AvgIpc) is 2.82. The maximum Gasteiger partial charge on any atom is 0.244 e. The molecule has 0 bridgehead atoms. The lowest BCUT2D eigenvalue weighted by atomic mass is 10.3. The van der Waals surface area contributed by atoms with E-state index in [-0.39, 0.29) is 17.2 Å². The van der Waals surface area contributed by atoms with Gasteiger partial charge in [-0.05, 0) is 24.3 Å². The predicted octanol–water partition coefficient (Wildman–Crippen LogP) is 1.17. The van der Waals surface area contributed by atoms with Gasteiger partial charge < -0.3 is 9.67 Å². The van der Waals surface area contributed by atoms with Gasteiger partial charge in [-0.1, -0.05) is 12.1 Å². The Morgan fingerprint density at radius 2 is 1.78 bits per heavy atom. The number of nitrogens with zero attached hydrogens (tertiary/aromatic N) is 1. The van der Waals surface area contributed by atoms with E-state index in [4.69, 9.17) is 0 Å². The van der Waals surface area contributed by atoms with E-state index in [2.05, 4.69) is 4.72 Å². The number of aromatic nitrogens is 1. The number of para-hydroxylation sites is 1. The van der Waals surface area contributed by atoms with Crippen molar-refractivity contribution in [1.82, 2.24) is 9.29 Å². The van der Waals surface area contributed by atoms with E-state index in [0.717, 1.165) is 0 Å². The zero-order chi connectivity index (χ0) is 13.0. The highest BCUT2D eigenvalue weighted by atomic mass is 32.2. The summed E-state index contributed by atoms with van der Waals surface area (Å²) in [7, 11) is -3.66. The van der Waals surface area contributed by atoms with Gasteiger partial charge in [-0.15, -0.1) is 0 Å². The largest absolute Gasteiger partial charge is 0.507 e. The van der Waals surface area contributed by atoms with Crippen molar-refractivity contribution >= 4 is 10.0 Å². The van der Waals surface area contributed by atoms with Gasteiger partial charge in [0.1, 0.15) is 10.6 Å². The summed E-state index contributed by atoms with van der Waals surface area (Å²) in [5, 5.41) is 9.51. The standard InChI is InChI=1S/C12H14N2O3S/c15-11-5-1-2-6-12(11)18(16,17)13-7-10-14-8-3-4-9-14/h1-6,8-9,13,15H,7,10H2. The van der Waals surface area contributed by atoms with Gasteiger partial charge in [0, 0.05) is 25.5 Å². The van der Waals surface area contributed by atoms with Gasteiger partial charge >= 0.3 is 0 Å². The SMILES string of the molecule is O=S(=O)(NCCn1cccc1)c1ccccc1O. The van der Waals surface area contributed by atoms with Crippen molar-refractivity contribution in [1.29, 1.82) is 0 Å². The molecular weight excluding hydrogens is 252 g/mol. The molecule has 0 amide bonds. The number of phenols is 1. The Balaban J connectivity index is 2.02. The molecule has 0 unspecified atom stereocenters. The molecule has 0 radical (unpaired) electrons. The highest BCUT2D eigenvalue weighted by Crippen LogP contribution is 2.20. The fraction of sp³-hybridized carbons (Fsp3) is 0.167. The van der Waals surface area contributed by atoms with E-state index in [1.54, 1.807) is 12.1 Å². The summed E-state index contributed by atoms with van der Waals surface area (Å²) in [6.45, 7) is 0.811. The van der Waals surface area contributed by atoms with Gasteiger partial charge in [0.2, 0.25) is 10.0 Å². The summed E-state index contributed by atoms with van der Waals surface area (Å²) in [5.41, 5.74) is 0. The molecule has 1 aromatic carbocycles. The summed E-state index contributed by atoms with van der Waals surface area (Å²) in [5.74, 6) is -0.244. The van der Waals surface area contributed by atoms with Crippen LogP contribution in [0.15, 0.2) is 53.7 Å². The Hall–Kier alpha value is -1.79.